The van der Waals surface area contributed by atoms with E-state index in [-0.39, 0.29) is 12.5 Å². The minimum atomic E-state index is -3.72. The molecular weight excluding hydrogens is 426 g/mol. The van der Waals surface area contributed by atoms with Crippen LogP contribution in [0.25, 0.3) is 0 Å². The van der Waals surface area contributed by atoms with Crippen LogP contribution in [-0.4, -0.2) is 50.5 Å². The summed E-state index contributed by atoms with van der Waals surface area (Å²) >= 11 is 0. The van der Waals surface area contributed by atoms with Crippen molar-refractivity contribution in [2.45, 2.75) is 46.2 Å². The van der Waals surface area contributed by atoms with Crippen LogP contribution in [0.5, 0.6) is 0 Å². The van der Waals surface area contributed by atoms with Gasteiger partial charge < -0.3 is 10.2 Å². The number of carbonyl (C=O) groups is 2. The third kappa shape index (κ3) is 6.82. The molecule has 8 heteroatoms. The Balaban J connectivity index is 2.35. The molecule has 0 radical (unpaired) electrons. The van der Waals surface area contributed by atoms with Crippen molar-refractivity contribution in [1.29, 1.82) is 0 Å². The lowest BCUT2D eigenvalue weighted by molar-refractivity contribution is -0.139. The number of sulfonamides is 1. The molecule has 0 aliphatic carbocycles. The largest absolute Gasteiger partial charge is 0.355 e. The first-order chi connectivity index (χ1) is 15.0. The summed E-state index contributed by atoms with van der Waals surface area (Å²) in [4.78, 5) is 27.3. The highest BCUT2D eigenvalue weighted by Crippen LogP contribution is 2.22. The summed E-state index contributed by atoms with van der Waals surface area (Å²) in [6, 6.07) is 15.7. The van der Waals surface area contributed by atoms with Crippen LogP contribution >= 0.6 is 0 Å². The van der Waals surface area contributed by atoms with Gasteiger partial charge in [-0.15, -0.1) is 0 Å². The Morgan fingerprint density at radius 3 is 2.06 bits per heavy atom. The predicted molar refractivity (Wildman–Crippen MR) is 128 cm³/mol. The van der Waals surface area contributed by atoms with E-state index in [1.165, 1.54) is 4.90 Å². The Bertz CT molecular complexity index is 1010. The number of rotatable bonds is 10. The molecule has 0 heterocycles. The molecule has 1 atom stereocenters. The van der Waals surface area contributed by atoms with Gasteiger partial charge in [0.05, 0.1) is 11.9 Å². The summed E-state index contributed by atoms with van der Waals surface area (Å²) in [6.07, 6.45) is 1.07. The molecule has 0 saturated carbocycles. The van der Waals surface area contributed by atoms with E-state index >= 15 is 0 Å². The van der Waals surface area contributed by atoms with Gasteiger partial charge in [-0.3, -0.25) is 13.9 Å². The topological polar surface area (TPSA) is 86.8 Å². The third-order valence-electron chi connectivity index (χ3n) is 5.24. The van der Waals surface area contributed by atoms with Crippen LogP contribution in [0.15, 0.2) is 54.6 Å². The zero-order valence-electron chi connectivity index (χ0n) is 19.4. The van der Waals surface area contributed by atoms with Crippen molar-refractivity contribution in [3.63, 3.8) is 0 Å². The van der Waals surface area contributed by atoms with E-state index in [0.29, 0.717) is 18.2 Å². The number of likely N-dealkylation sites (N-methyl/N-ethyl adjacent to an activating group) is 1. The van der Waals surface area contributed by atoms with E-state index in [0.717, 1.165) is 21.7 Å². The molecule has 2 amide bonds. The van der Waals surface area contributed by atoms with Crippen molar-refractivity contribution in [2.24, 2.45) is 0 Å². The average Bonchev–Trinajstić information content (AvgIpc) is 2.75. The number of nitrogens with one attached hydrogen (secondary N) is 1. The lowest BCUT2D eigenvalue weighted by atomic mass is 10.0. The Hall–Kier alpha value is -2.87. The molecule has 2 aromatic carbocycles. The van der Waals surface area contributed by atoms with Crippen molar-refractivity contribution < 1.29 is 18.0 Å². The second kappa shape index (κ2) is 11.1. The van der Waals surface area contributed by atoms with Gasteiger partial charge in [-0.2, -0.15) is 0 Å². The van der Waals surface area contributed by atoms with Gasteiger partial charge >= 0.3 is 0 Å². The van der Waals surface area contributed by atoms with Crippen molar-refractivity contribution in [2.75, 3.05) is 23.7 Å². The van der Waals surface area contributed by atoms with Gasteiger partial charge in [0, 0.05) is 13.1 Å². The van der Waals surface area contributed by atoms with E-state index < -0.39 is 28.5 Å². The molecule has 0 aromatic heterocycles. The molecule has 2 rings (SSSR count). The van der Waals surface area contributed by atoms with Gasteiger partial charge in [-0.25, -0.2) is 8.42 Å². The highest BCUT2D eigenvalue weighted by atomic mass is 32.2. The molecule has 1 unspecified atom stereocenters. The summed E-state index contributed by atoms with van der Waals surface area (Å²) < 4.78 is 26.2. The van der Waals surface area contributed by atoms with Crippen LogP contribution in [0.3, 0.4) is 0 Å². The molecule has 0 bridgehead atoms. The molecule has 32 heavy (non-hydrogen) atoms. The number of benzene rings is 2. The number of carbonyl (C=O) groups excluding carboxylic acids is 2. The number of amides is 2. The zero-order chi connectivity index (χ0) is 23.9. The Morgan fingerprint density at radius 1 is 0.969 bits per heavy atom. The highest BCUT2D eigenvalue weighted by Gasteiger charge is 2.29. The first kappa shape index (κ1) is 25.4. The lowest BCUT2D eigenvalue weighted by Crippen LogP contribution is -2.51. The number of nitrogens with zero attached hydrogens (tertiary/aromatic N) is 2. The minimum Gasteiger partial charge on any atom is -0.355 e. The molecule has 0 spiro atoms. The smallest absolute Gasteiger partial charge is 0.244 e. The van der Waals surface area contributed by atoms with Gasteiger partial charge in [0.2, 0.25) is 21.8 Å². The molecule has 2 aromatic rings. The normalized spacial score (nSPS) is 12.3. The molecule has 0 aliphatic heterocycles. The standard InChI is InChI=1S/C24H33N3O4S/c1-6-25-24(29)19(4)26(16-20-10-8-7-9-11-20)23(28)17-27(32(5,30)31)22-14-12-21(13-15-22)18(2)3/h7-15,18-19H,6,16-17H2,1-5H3,(H,25,29). The summed E-state index contributed by atoms with van der Waals surface area (Å²) in [5.41, 5.74) is 2.34. The lowest BCUT2D eigenvalue weighted by Gasteiger charge is -2.31. The second-order valence-corrected chi connectivity index (χ2v) is 10.0. The van der Waals surface area contributed by atoms with Gasteiger partial charge in [0.25, 0.3) is 0 Å². The van der Waals surface area contributed by atoms with Crippen LogP contribution in [-0.2, 0) is 26.2 Å². The van der Waals surface area contributed by atoms with Crippen LogP contribution in [0, 0.1) is 0 Å². The maximum atomic E-state index is 13.3. The fraction of sp³-hybridized carbons (Fsp3) is 0.417. The Labute approximate surface area is 191 Å². The zero-order valence-corrected chi connectivity index (χ0v) is 20.2. The van der Waals surface area contributed by atoms with E-state index in [2.05, 4.69) is 19.2 Å². The molecule has 0 aliphatic rings. The summed E-state index contributed by atoms with van der Waals surface area (Å²) in [7, 11) is -3.72. The Kier molecular flexibility index (Phi) is 8.83. The van der Waals surface area contributed by atoms with E-state index in [1.807, 2.05) is 42.5 Å². The van der Waals surface area contributed by atoms with Gasteiger partial charge in [-0.1, -0.05) is 56.3 Å². The van der Waals surface area contributed by atoms with Crippen molar-refractivity contribution >= 4 is 27.5 Å². The number of anilines is 1. The molecule has 7 nitrogen and oxygen atoms in total. The molecule has 0 saturated heterocycles. The minimum absolute atomic E-state index is 0.196. The maximum Gasteiger partial charge on any atom is 0.244 e. The fourth-order valence-corrected chi connectivity index (χ4v) is 4.17. The highest BCUT2D eigenvalue weighted by molar-refractivity contribution is 7.92. The van der Waals surface area contributed by atoms with Crippen LogP contribution in [0.2, 0.25) is 0 Å². The van der Waals surface area contributed by atoms with Gasteiger partial charge in [0.15, 0.2) is 0 Å². The maximum absolute atomic E-state index is 13.3. The predicted octanol–water partition coefficient (Wildman–Crippen LogP) is 3.13. The van der Waals surface area contributed by atoms with Gasteiger partial charge in [-0.05, 0) is 43.0 Å². The quantitative estimate of drug-likeness (QED) is 0.591. The van der Waals surface area contributed by atoms with Crippen molar-refractivity contribution in [3.8, 4) is 0 Å². The monoisotopic (exact) mass is 459 g/mol. The molecule has 1 N–H and O–H groups in total. The number of hydrogen-bond donors (Lipinski definition) is 1. The number of hydrogen-bond acceptors (Lipinski definition) is 4. The SMILES string of the molecule is CCNC(=O)C(C)N(Cc1ccccc1)C(=O)CN(c1ccc(C(C)C)cc1)S(C)(=O)=O. The molecular formula is C24H33N3O4S. The first-order valence-corrected chi connectivity index (χ1v) is 12.6. The van der Waals surface area contributed by atoms with Crippen LogP contribution in [0.4, 0.5) is 5.69 Å². The Morgan fingerprint density at radius 2 is 1.56 bits per heavy atom. The van der Waals surface area contributed by atoms with Crippen LogP contribution < -0.4 is 9.62 Å². The summed E-state index contributed by atoms with van der Waals surface area (Å²) in [6.45, 7) is 7.80. The van der Waals surface area contributed by atoms with Crippen molar-refractivity contribution in [1.82, 2.24) is 10.2 Å². The molecule has 0 fully saturated rings. The third-order valence-corrected chi connectivity index (χ3v) is 6.38. The van der Waals surface area contributed by atoms with Crippen LogP contribution in [0.1, 0.15) is 44.7 Å². The van der Waals surface area contributed by atoms with E-state index in [9.17, 15) is 18.0 Å². The summed E-state index contributed by atoms with van der Waals surface area (Å²) in [5, 5.41) is 2.73. The fourth-order valence-electron chi connectivity index (χ4n) is 3.32. The summed E-state index contributed by atoms with van der Waals surface area (Å²) in [5.74, 6) is -0.438. The van der Waals surface area contributed by atoms with E-state index in [4.69, 9.17) is 0 Å². The first-order valence-electron chi connectivity index (χ1n) is 10.7. The average molecular weight is 460 g/mol. The van der Waals surface area contributed by atoms with Gasteiger partial charge in [0.1, 0.15) is 12.6 Å². The van der Waals surface area contributed by atoms with E-state index in [1.54, 1.807) is 26.0 Å². The van der Waals surface area contributed by atoms with Crippen molar-refractivity contribution in [3.05, 3.63) is 65.7 Å². The second-order valence-electron chi connectivity index (χ2n) is 8.09. The molecule has 174 valence electrons.